The molecule has 0 aromatic carbocycles. The summed E-state index contributed by atoms with van der Waals surface area (Å²) in [5, 5.41) is 1.29. The van der Waals surface area contributed by atoms with Gasteiger partial charge in [0.2, 0.25) is 5.91 Å². The Balaban J connectivity index is 2.91. The molecule has 1 fully saturated rings. The fraction of sp³-hybridized carbons (Fsp3) is 0.950. The maximum Gasteiger partial charge on any atom is 0.336 e. The Bertz CT molecular complexity index is 706. The fourth-order valence-corrected chi connectivity index (χ4v) is 5.81. The third-order valence-electron chi connectivity index (χ3n) is 5.98. The normalized spacial score (nSPS) is 23.1. The highest BCUT2D eigenvalue weighted by Crippen LogP contribution is 2.62. The van der Waals surface area contributed by atoms with Gasteiger partial charge in [-0.1, -0.05) is 13.8 Å². The van der Waals surface area contributed by atoms with Crippen LogP contribution in [0.25, 0.3) is 0 Å². The van der Waals surface area contributed by atoms with Crippen LogP contribution < -0.4 is 5.32 Å². The standard InChI is InChI=1S/C20H42N2O7P2/c1-9-28-31(27,29-11-10-19(5,6)30(24,25)26)20(7,8)12-17-14-22(16(4)13-21-17)18(23)15(2)3/h15-17,21H,9-14H2,1-8H3,(H2,24,25,26). The summed E-state index contributed by atoms with van der Waals surface area (Å²) in [6.45, 7) is 15.3. The van der Waals surface area contributed by atoms with E-state index in [1.54, 1.807) is 6.92 Å². The van der Waals surface area contributed by atoms with Crippen LogP contribution in [0.3, 0.4) is 0 Å². The summed E-state index contributed by atoms with van der Waals surface area (Å²) in [6, 6.07) is 0.0110. The SMILES string of the molecule is CCOP(=O)(OCCC(C)(C)P(=O)(O)O)C(C)(C)CC1CN(C(=O)C(C)C)C(C)CN1. The highest BCUT2D eigenvalue weighted by molar-refractivity contribution is 7.55. The van der Waals surface area contributed by atoms with E-state index in [0.717, 1.165) is 0 Å². The molecule has 1 heterocycles. The Morgan fingerprint density at radius 3 is 2.23 bits per heavy atom. The summed E-state index contributed by atoms with van der Waals surface area (Å²) in [5.41, 5.74) is 0. The molecule has 0 aromatic heterocycles. The van der Waals surface area contributed by atoms with E-state index in [9.17, 15) is 23.7 Å². The summed E-state index contributed by atoms with van der Waals surface area (Å²) in [5.74, 6) is 0.00478. The van der Waals surface area contributed by atoms with Crippen LogP contribution in [0.1, 0.15) is 68.2 Å². The molecule has 0 radical (unpaired) electrons. The topological polar surface area (TPSA) is 125 Å². The second kappa shape index (κ2) is 10.8. The van der Waals surface area contributed by atoms with Crippen LogP contribution in [0, 0.1) is 5.92 Å². The molecule has 184 valence electrons. The molecule has 3 N–H and O–H groups in total. The van der Waals surface area contributed by atoms with Gasteiger partial charge in [-0.2, -0.15) is 0 Å². The Hall–Kier alpha value is -0.270. The number of nitrogens with zero attached hydrogens (tertiary/aromatic N) is 1. The zero-order valence-electron chi connectivity index (χ0n) is 20.3. The molecule has 1 amide bonds. The number of hydrogen-bond acceptors (Lipinski definition) is 6. The Morgan fingerprint density at radius 2 is 1.74 bits per heavy atom. The molecule has 1 aliphatic heterocycles. The lowest BCUT2D eigenvalue weighted by Gasteiger charge is -2.43. The highest BCUT2D eigenvalue weighted by atomic mass is 31.2. The van der Waals surface area contributed by atoms with Crippen LogP contribution >= 0.6 is 15.2 Å². The molecule has 3 atom stereocenters. The number of carbonyl (C=O) groups excluding carboxylic acids is 1. The maximum atomic E-state index is 13.7. The molecule has 0 spiro atoms. The maximum absolute atomic E-state index is 13.7. The molecule has 0 aromatic rings. The summed E-state index contributed by atoms with van der Waals surface area (Å²) in [6.07, 6.45) is 0.501. The molecule has 31 heavy (non-hydrogen) atoms. The smallest absolute Gasteiger partial charge is 0.336 e. The van der Waals surface area contributed by atoms with Crippen LogP contribution in [-0.4, -0.2) is 69.3 Å². The molecular weight excluding hydrogens is 442 g/mol. The lowest BCUT2D eigenvalue weighted by molar-refractivity contribution is -0.138. The summed E-state index contributed by atoms with van der Waals surface area (Å²) >= 11 is 0. The summed E-state index contributed by atoms with van der Waals surface area (Å²) in [4.78, 5) is 33.4. The number of amides is 1. The van der Waals surface area contributed by atoms with Crippen molar-refractivity contribution >= 4 is 21.1 Å². The van der Waals surface area contributed by atoms with E-state index < -0.39 is 25.5 Å². The molecule has 1 rings (SSSR count). The van der Waals surface area contributed by atoms with Gasteiger partial charge in [-0.3, -0.25) is 13.9 Å². The van der Waals surface area contributed by atoms with Gasteiger partial charge in [0.1, 0.15) is 0 Å². The van der Waals surface area contributed by atoms with Gasteiger partial charge in [0, 0.05) is 31.1 Å². The average Bonchev–Trinajstić information content (AvgIpc) is 2.61. The largest absolute Gasteiger partial charge is 0.337 e. The van der Waals surface area contributed by atoms with Crippen molar-refractivity contribution in [3.63, 3.8) is 0 Å². The monoisotopic (exact) mass is 484 g/mol. The molecule has 11 heteroatoms. The number of hydrogen-bond donors (Lipinski definition) is 3. The Morgan fingerprint density at radius 1 is 1.16 bits per heavy atom. The van der Waals surface area contributed by atoms with Crippen LogP contribution in [0.4, 0.5) is 0 Å². The molecule has 1 aliphatic rings. The first-order valence-electron chi connectivity index (χ1n) is 11.0. The van der Waals surface area contributed by atoms with E-state index in [0.29, 0.717) is 19.5 Å². The van der Waals surface area contributed by atoms with Crippen LogP contribution in [0.5, 0.6) is 0 Å². The van der Waals surface area contributed by atoms with Crippen LogP contribution in [0.15, 0.2) is 0 Å². The van der Waals surface area contributed by atoms with Crippen molar-refractivity contribution in [2.24, 2.45) is 5.92 Å². The second-order valence-corrected chi connectivity index (χ2v) is 15.0. The van der Waals surface area contributed by atoms with Gasteiger partial charge >= 0.3 is 15.2 Å². The molecule has 0 bridgehead atoms. The predicted molar refractivity (Wildman–Crippen MR) is 122 cm³/mol. The van der Waals surface area contributed by atoms with Gasteiger partial charge in [0.05, 0.1) is 23.5 Å². The van der Waals surface area contributed by atoms with Gasteiger partial charge in [0.15, 0.2) is 0 Å². The molecule has 0 aliphatic carbocycles. The minimum atomic E-state index is -4.32. The van der Waals surface area contributed by atoms with E-state index >= 15 is 0 Å². The van der Waals surface area contributed by atoms with E-state index in [1.165, 1.54) is 13.8 Å². The summed E-state index contributed by atoms with van der Waals surface area (Å²) in [7, 11) is -7.93. The van der Waals surface area contributed by atoms with Crippen LogP contribution in [-0.2, 0) is 23.0 Å². The second-order valence-electron chi connectivity index (χ2n) is 9.97. The lowest BCUT2D eigenvalue weighted by Crippen LogP contribution is -2.59. The minimum Gasteiger partial charge on any atom is -0.337 e. The van der Waals surface area contributed by atoms with Gasteiger partial charge < -0.3 is 29.1 Å². The molecule has 9 nitrogen and oxygen atoms in total. The van der Waals surface area contributed by atoms with Crippen molar-refractivity contribution in [2.75, 3.05) is 26.3 Å². The van der Waals surface area contributed by atoms with Crippen molar-refractivity contribution in [3.8, 4) is 0 Å². The first-order chi connectivity index (χ1) is 14.0. The minimum absolute atomic E-state index is 0.0419. The molecule has 1 saturated heterocycles. The third-order valence-corrected chi connectivity index (χ3v) is 10.6. The van der Waals surface area contributed by atoms with E-state index in [1.807, 2.05) is 39.5 Å². The van der Waals surface area contributed by atoms with E-state index in [4.69, 9.17) is 9.05 Å². The zero-order valence-corrected chi connectivity index (χ0v) is 22.0. The van der Waals surface area contributed by atoms with Crippen molar-refractivity contribution in [1.82, 2.24) is 10.2 Å². The molecule has 0 saturated carbocycles. The fourth-order valence-electron chi connectivity index (χ4n) is 3.54. The predicted octanol–water partition coefficient (Wildman–Crippen LogP) is 3.59. The van der Waals surface area contributed by atoms with Gasteiger partial charge in [0.25, 0.3) is 0 Å². The number of nitrogens with one attached hydrogen (secondary N) is 1. The summed E-state index contributed by atoms with van der Waals surface area (Å²) < 4.78 is 36.7. The zero-order chi connectivity index (χ0) is 24.3. The number of rotatable bonds is 11. The van der Waals surface area contributed by atoms with Crippen molar-refractivity contribution in [1.29, 1.82) is 0 Å². The number of piperazine rings is 1. The van der Waals surface area contributed by atoms with Crippen molar-refractivity contribution in [2.45, 2.75) is 90.6 Å². The average molecular weight is 485 g/mol. The Kier molecular flexibility index (Phi) is 9.99. The first kappa shape index (κ1) is 28.8. The molecular formula is C20H42N2O7P2. The lowest BCUT2D eigenvalue weighted by atomic mass is 9.98. The van der Waals surface area contributed by atoms with Gasteiger partial charge in [-0.05, 0) is 54.4 Å². The van der Waals surface area contributed by atoms with Gasteiger partial charge in [-0.15, -0.1) is 0 Å². The number of carbonyl (C=O) groups is 1. The van der Waals surface area contributed by atoms with E-state index in [2.05, 4.69) is 5.32 Å². The van der Waals surface area contributed by atoms with E-state index in [-0.39, 0.29) is 43.5 Å². The Labute approximate surface area is 187 Å². The third kappa shape index (κ3) is 7.36. The van der Waals surface area contributed by atoms with Crippen LogP contribution in [0.2, 0.25) is 0 Å². The van der Waals surface area contributed by atoms with Crippen molar-refractivity contribution < 1.29 is 32.8 Å². The molecule has 3 unspecified atom stereocenters. The quantitative estimate of drug-likeness (QED) is 0.380. The first-order valence-corrected chi connectivity index (χ1v) is 14.1. The van der Waals surface area contributed by atoms with Gasteiger partial charge in [-0.25, -0.2) is 0 Å². The van der Waals surface area contributed by atoms with Crippen molar-refractivity contribution in [3.05, 3.63) is 0 Å². The highest BCUT2D eigenvalue weighted by Gasteiger charge is 2.47.